The number of hydrogen-bond donors (Lipinski definition) is 0. The van der Waals surface area contributed by atoms with Crippen molar-refractivity contribution in [1.29, 1.82) is 0 Å². The summed E-state index contributed by atoms with van der Waals surface area (Å²) in [5.41, 5.74) is 5.86. The average molecular weight is 296 g/mol. The summed E-state index contributed by atoms with van der Waals surface area (Å²) in [7, 11) is 0. The number of hydrogen-bond acceptors (Lipinski definition) is 2. The number of pyridine rings is 2. The Kier molecular flexibility index (Phi) is 1.77. The van der Waals surface area contributed by atoms with Crippen molar-refractivity contribution in [3.8, 4) is 0 Å². The van der Waals surface area contributed by atoms with E-state index in [1.165, 1.54) is 21.2 Å². The van der Waals surface area contributed by atoms with Crippen LogP contribution in [0.1, 0.15) is 17.0 Å². The first-order chi connectivity index (χ1) is 6.75. The lowest BCUT2D eigenvalue weighted by Gasteiger charge is -2.20. The molecule has 14 heavy (non-hydrogen) atoms. The summed E-state index contributed by atoms with van der Waals surface area (Å²) in [5, 5.41) is 0. The van der Waals surface area contributed by atoms with Crippen LogP contribution in [0.4, 0.5) is 0 Å². The van der Waals surface area contributed by atoms with E-state index in [1.807, 2.05) is 13.0 Å². The molecule has 0 amide bonds. The number of fused-ring (bicyclic) bond motifs is 2. The fraction of sp³-hybridized carbons (Fsp3) is 0.273. The molecular formula is C11H9IN2. The van der Waals surface area contributed by atoms with Crippen molar-refractivity contribution in [2.24, 2.45) is 0 Å². The van der Waals surface area contributed by atoms with E-state index in [9.17, 15) is 0 Å². The summed E-state index contributed by atoms with van der Waals surface area (Å²) in [4.78, 5) is 9.14. The van der Waals surface area contributed by atoms with E-state index in [0.29, 0.717) is 0 Å². The molecule has 3 heteroatoms. The second-order valence-electron chi connectivity index (χ2n) is 3.67. The first-order valence-corrected chi connectivity index (χ1v) is 5.78. The van der Waals surface area contributed by atoms with E-state index in [4.69, 9.17) is 0 Å². The Morgan fingerprint density at radius 2 is 2.07 bits per heavy atom. The van der Waals surface area contributed by atoms with E-state index in [1.54, 1.807) is 0 Å². The lowest BCUT2D eigenvalue weighted by atomic mass is 9.93. The van der Waals surface area contributed by atoms with Gasteiger partial charge in [-0.15, -0.1) is 0 Å². The Bertz CT molecular complexity index is 534. The van der Waals surface area contributed by atoms with Crippen molar-refractivity contribution in [2.45, 2.75) is 19.8 Å². The van der Waals surface area contributed by atoms with Gasteiger partial charge >= 0.3 is 0 Å². The van der Waals surface area contributed by atoms with Crippen LogP contribution in [0.3, 0.4) is 0 Å². The Hall–Kier alpha value is -0.710. The van der Waals surface area contributed by atoms with Crippen LogP contribution < -0.4 is 0 Å². The summed E-state index contributed by atoms with van der Waals surface area (Å²) < 4.78 is 1.30. The quantitative estimate of drug-likeness (QED) is 0.698. The summed E-state index contributed by atoms with van der Waals surface area (Å²) in [6.07, 6.45) is 2.31. The highest BCUT2D eigenvalue weighted by Gasteiger charge is 2.20. The van der Waals surface area contributed by atoms with Crippen LogP contribution in [0.15, 0.2) is 12.1 Å². The molecule has 0 bridgehead atoms. The highest BCUT2D eigenvalue weighted by molar-refractivity contribution is 14.1. The van der Waals surface area contributed by atoms with Gasteiger partial charge in [0.25, 0.3) is 0 Å². The van der Waals surface area contributed by atoms with Crippen LogP contribution in [0.5, 0.6) is 0 Å². The van der Waals surface area contributed by atoms with Crippen molar-refractivity contribution in [2.75, 3.05) is 0 Å². The third-order valence-electron chi connectivity index (χ3n) is 2.70. The molecule has 0 aromatic carbocycles. The van der Waals surface area contributed by atoms with Gasteiger partial charge in [-0.1, -0.05) is 0 Å². The smallest absolute Gasteiger partial charge is 0.103 e. The molecule has 2 aromatic heterocycles. The third kappa shape index (κ3) is 1.08. The predicted molar refractivity (Wildman–Crippen MR) is 64.4 cm³/mol. The normalized spacial score (nSPS) is 13.9. The van der Waals surface area contributed by atoms with E-state index < -0.39 is 0 Å². The van der Waals surface area contributed by atoms with Crippen molar-refractivity contribution < 1.29 is 0 Å². The summed E-state index contributed by atoms with van der Waals surface area (Å²) in [5.74, 6) is 0. The number of halogens is 1. The molecular weight excluding hydrogens is 287 g/mol. The third-order valence-corrected chi connectivity index (χ3v) is 3.86. The summed E-state index contributed by atoms with van der Waals surface area (Å²) in [6, 6.07) is 4.09. The molecule has 0 saturated carbocycles. The van der Waals surface area contributed by atoms with Gasteiger partial charge in [0.15, 0.2) is 0 Å². The maximum absolute atomic E-state index is 4.60. The molecule has 0 unspecified atom stereocenters. The molecule has 1 aliphatic carbocycles. The van der Waals surface area contributed by atoms with Crippen LogP contribution in [-0.4, -0.2) is 9.97 Å². The van der Waals surface area contributed by atoms with Crippen LogP contribution in [-0.2, 0) is 12.8 Å². The molecule has 2 aromatic rings. The molecule has 1 aliphatic rings. The van der Waals surface area contributed by atoms with Gasteiger partial charge in [0.05, 0.1) is 5.52 Å². The van der Waals surface area contributed by atoms with Gasteiger partial charge in [-0.3, -0.25) is 9.97 Å². The zero-order chi connectivity index (χ0) is 9.71. The molecule has 0 N–H and O–H groups in total. The second kappa shape index (κ2) is 2.89. The molecule has 0 spiro atoms. The molecule has 2 heterocycles. The minimum Gasteiger partial charge on any atom is -0.251 e. The largest absolute Gasteiger partial charge is 0.251 e. The first kappa shape index (κ1) is 8.59. The van der Waals surface area contributed by atoms with Crippen LogP contribution in [0.2, 0.25) is 0 Å². The van der Waals surface area contributed by atoms with E-state index in [0.717, 1.165) is 23.1 Å². The maximum Gasteiger partial charge on any atom is 0.103 e. The van der Waals surface area contributed by atoms with E-state index in [2.05, 4.69) is 38.6 Å². The minimum absolute atomic E-state index is 1.04. The lowest BCUT2D eigenvalue weighted by molar-refractivity contribution is 0.791. The number of nitrogens with zero attached hydrogens (tertiary/aromatic N) is 2. The van der Waals surface area contributed by atoms with Gasteiger partial charge in [-0.05, 0) is 60.1 Å². The summed E-state index contributed by atoms with van der Waals surface area (Å²) >= 11 is 2.39. The van der Waals surface area contributed by atoms with Crippen LogP contribution in [0.25, 0.3) is 11.0 Å². The highest BCUT2D eigenvalue weighted by atomic mass is 127. The van der Waals surface area contributed by atoms with Crippen molar-refractivity contribution in [3.05, 3.63) is 32.7 Å². The summed E-state index contributed by atoms with van der Waals surface area (Å²) in [6.45, 7) is 2.02. The number of aryl methyl sites for hydroxylation is 2. The zero-order valence-corrected chi connectivity index (χ0v) is 10.00. The molecule has 0 fully saturated rings. The lowest BCUT2D eigenvalue weighted by Crippen LogP contribution is -2.14. The highest BCUT2D eigenvalue weighted by Crippen LogP contribution is 2.30. The zero-order valence-electron chi connectivity index (χ0n) is 7.84. The fourth-order valence-corrected chi connectivity index (χ4v) is 2.79. The maximum atomic E-state index is 4.60. The van der Waals surface area contributed by atoms with Gasteiger partial charge < -0.3 is 0 Å². The molecule has 0 aliphatic heterocycles. The Morgan fingerprint density at radius 1 is 1.21 bits per heavy atom. The monoisotopic (exact) mass is 296 g/mol. The predicted octanol–water partition coefficient (Wildman–Crippen LogP) is 2.64. The minimum atomic E-state index is 1.04. The Balaban J connectivity index is 2.45. The molecule has 3 rings (SSSR count). The van der Waals surface area contributed by atoms with Crippen LogP contribution >= 0.6 is 22.6 Å². The molecule has 2 nitrogen and oxygen atoms in total. The standard InChI is InChI=1S/C11H9IN2/c1-6-2-4-9-11(13-6)10(12)7-3-5-8(7)14-9/h2,4H,3,5H2,1H3. The van der Waals surface area contributed by atoms with Gasteiger partial charge in [0, 0.05) is 15.0 Å². The Labute approximate surface area is 95.9 Å². The van der Waals surface area contributed by atoms with Crippen molar-refractivity contribution in [1.82, 2.24) is 9.97 Å². The SMILES string of the molecule is Cc1ccc2nc3c(c(I)c2n1)CC3. The fourth-order valence-electron chi connectivity index (χ4n) is 1.81. The van der Waals surface area contributed by atoms with Crippen LogP contribution in [0, 0.1) is 10.5 Å². The van der Waals surface area contributed by atoms with Gasteiger partial charge in [-0.2, -0.15) is 0 Å². The topological polar surface area (TPSA) is 25.8 Å². The number of aromatic nitrogens is 2. The van der Waals surface area contributed by atoms with E-state index in [-0.39, 0.29) is 0 Å². The average Bonchev–Trinajstić information content (AvgIpc) is 2.12. The van der Waals surface area contributed by atoms with Crippen molar-refractivity contribution >= 4 is 33.6 Å². The molecule has 0 saturated heterocycles. The molecule has 70 valence electrons. The van der Waals surface area contributed by atoms with Gasteiger partial charge in [0.1, 0.15) is 5.52 Å². The van der Waals surface area contributed by atoms with Gasteiger partial charge in [-0.25, -0.2) is 0 Å². The van der Waals surface area contributed by atoms with Gasteiger partial charge in [0.2, 0.25) is 0 Å². The second-order valence-corrected chi connectivity index (χ2v) is 4.75. The van der Waals surface area contributed by atoms with E-state index >= 15 is 0 Å². The molecule has 0 radical (unpaired) electrons. The molecule has 0 atom stereocenters. The first-order valence-electron chi connectivity index (χ1n) is 4.70. The van der Waals surface area contributed by atoms with Crippen molar-refractivity contribution in [3.63, 3.8) is 0 Å². The Morgan fingerprint density at radius 3 is 2.79 bits per heavy atom. The number of rotatable bonds is 0.